The van der Waals surface area contributed by atoms with E-state index in [1.165, 1.54) is 0 Å². The van der Waals surface area contributed by atoms with Crippen molar-refractivity contribution in [2.45, 2.75) is 6.54 Å². The number of carbonyl (C=O) groups excluding carboxylic acids is 1. The zero-order chi connectivity index (χ0) is 19.2. The molecule has 7 heteroatoms. The molecule has 0 bridgehead atoms. The number of benzene rings is 2. The van der Waals surface area contributed by atoms with E-state index < -0.39 is 0 Å². The van der Waals surface area contributed by atoms with Crippen molar-refractivity contribution < 1.29 is 9.53 Å². The second-order valence-electron chi connectivity index (χ2n) is 6.58. The van der Waals surface area contributed by atoms with Crippen molar-refractivity contribution in [1.82, 2.24) is 9.80 Å². The first-order chi connectivity index (χ1) is 13.0. The van der Waals surface area contributed by atoms with Gasteiger partial charge in [0.05, 0.1) is 23.7 Å². The maximum Gasteiger partial charge on any atom is 0.238 e. The molecule has 0 spiro atoms. The quantitative estimate of drug-likeness (QED) is 0.791. The molecular formula is C20H23Cl2N3O2. The number of halogens is 2. The maximum atomic E-state index is 12.3. The summed E-state index contributed by atoms with van der Waals surface area (Å²) in [4.78, 5) is 16.8. The number of hydrogen-bond acceptors (Lipinski definition) is 4. The number of ether oxygens (including phenoxy) is 1. The van der Waals surface area contributed by atoms with E-state index in [4.69, 9.17) is 27.9 Å². The summed E-state index contributed by atoms with van der Waals surface area (Å²) in [5.74, 6) is 0.713. The number of nitrogens with one attached hydrogen (secondary N) is 1. The van der Waals surface area contributed by atoms with Crippen LogP contribution in [0.2, 0.25) is 10.0 Å². The number of hydrogen-bond donors (Lipinski definition) is 1. The molecule has 2 aromatic rings. The lowest BCUT2D eigenvalue weighted by Gasteiger charge is -2.34. The highest BCUT2D eigenvalue weighted by Crippen LogP contribution is 2.23. The van der Waals surface area contributed by atoms with Crippen molar-refractivity contribution in [3.63, 3.8) is 0 Å². The van der Waals surface area contributed by atoms with E-state index in [1.54, 1.807) is 7.11 Å². The highest BCUT2D eigenvalue weighted by atomic mass is 35.5. The summed E-state index contributed by atoms with van der Waals surface area (Å²) in [5.41, 5.74) is 1.89. The van der Waals surface area contributed by atoms with Gasteiger partial charge in [0.2, 0.25) is 5.91 Å². The third kappa shape index (κ3) is 5.84. The topological polar surface area (TPSA) is 44.8 Å². The molecule has 0 radical (unpaired) electrons. The summed E-state index contributed by atoms with van der Waals surface area (Å²) in [6.45, 7) is 4.75. The molecule has 3 rings (SSSR count). The molecule has 0 saturated carbocycles. The van der Waals surface area contributed by atoms with Crippen LogP contribution in [0.5, 0.6) is 5.75 Å². The lowest BCUT2D eigenvalue weighted by atomic mass is 10.2. The molecule has 0 atom stereocenters. The van der Waals surface area contributed by atoms with Gasteiger partial charge in [-0.2, -0.15) is 0 Å². The second kappa shape index (κ2) is 9.42. The fourth-order valence-electron chi connectivity index (χ4n) is 3.11. The summed E-state index contributed by atoms with van der Waals surface area (Å²) in [7, 11) is 1.61. The Hall–Kier alpha value is -1.79. The Bertz CT molecular complexity index is 793. The lowest BCUT2D eigenvalue weighted by molar-refractivity contribution is -0.117. The van der Waals surface area contributed by atoms with Crippen LogP contribution < -0.4 is 10.1 Å². The number of rotatable bonds is 6. The van der Waals surface area contributed by atoms with E-state index in [0.29, 0.717) is 16.6 Å². The zero-order valence-electron chi connectivity index (χ0n) is 15.3. The monoisotopic (exact) mass is 407 g/mol. The van der Waals surface area contributed by atoms with Gasteiger partial charge >= 0.3 is 0 Å². The maximum absolute atomic E-state index is 12.3. The van der Waals surface area contributed by atoms with Crippen molar-refractivity contribution in [2.75, 3.05) is 45.2 Å². The average molecular weight is 408 g/mol. The van der Waals surface area contributed by atoms with Crippen molar-refractivity contribution in [1.29, 1.82) is 0 Å². The Morgan fingerprint density at radius 3 is 2.48 bits per heavy atom. The number of methoxy groups -OCH3 is 1. The van der Waals surface area contributed by atoms with Gasteiger partial charge in [0.1, 0.15) is 5.75 Å². The minimum Gasteiger partial charge on any atom is -0.497 e. The first kappa shape index (κ1) is 20.0. The first-order valence-corrected chi connectivity index (χ1v) is 9.61. The molecule has 1 heterocycles. The van der Waals surface area contributed by atoms with E-state index in [9.17, 15) is 4.79 Å². The van der Waals surface area contributed by atoms with Gasteiger partial charge in [-0.15, -0.1) is 0 Å². The Labute approximate surface area is 169 Å². The molecule has 0 aliphatic carbocycles. The van der Waals surface area contributed by atoms with Gasteiger partial charge in [-0.05, 0) is 29.8 Å². The normalized spacial score (nSPS) is 15.5. The van der Waals surface area contributed by atoms with E-state index in [1.807, 2.05) is 42.5 Å². The standard InChI is InChI=1S/C20H23Cl2N3O2/c1-27-17-4-2-3-16(12-17)23-20(26)14-25-9-7-24(8-10-25)13-15-5-6-18(21)19(22)11-15/h2-6,11-12H,7-10,13-14H2,1H3,(H,23,26). The summed E-state index contributed by atoms with van der Waals surface area (Å²) in [5, 5.41) is 4.09. The van der Waals surface area contributed by atoms with Crippen LogP contribution in [0.25, 0.3) is 0 Å². The molecule has 1 aliphatic heterocycles. The third-order valence-electron chi connectivity index (χ3n) is 4.58. The predicted octanol–water partition coefficient (Wildman–Crippen LogP) is 3.76. The minimum absolute atomic E-state index is 0.0128. The Morgan fingerprint density at radius 2 is 1.78 bits per heavy atom. The molecule has 1 saturated heterocycles. The van der Waals surface area contributed by atoms with Gasteiger partial charge in [-0.3, -0.25) is 14.6 Å². The number of anilines is 1. The van der Waals surface area contributed by atoms with Crippen molar-refractivity contribution in [2.24, 2.45) is 0 Å². The largest absolute Gasteiger partial charge is 0.497 e. The molecule has 1 fully saturated rings. The minimum atomic E-state index is -0.0128. The Balaban J connectivity index is 1.44. The number of piperazine rings is 1. The molecule has 2 aromatic carbocycles. The number of carbonyl (C=O) groups is 1. The van der Waals surface area contributed by atoms with E-state index in [0.717, 1.165) is 49.7 Å². The van der Waals surface area contributed by atoms with E-state index >= 15 is 0 Å². The molecule has 27 heavy (non-hydrogen) atoms. The smallest absolute Gasteiger partial charge is 0.238 e. The fraction of sp³-hybridized carbons (Fsp3) is 0.350. The molecule has 5 nitrogen and oxygen atoms in total. The van der Waals surface area contributed by atoms with Crippen molar-refractivity contribution in [3.05, 3.63) is 58.1 Å². The molecule has 1 N–H and O–H groups in total. The molecule has 144 valence electrons. The van der Waals surface area contributed by atoms with Gasteiger partial charge in [0, 0.05) is 44.5 Å². The summed E-state index contributed by atoms with van der Waals surface area (Å²) in [6.07, 6.45) is 0. The summed E-state index contributed by atoms with van der Waals surface area (Å²) in [6, 6.07) is 13.1. The van der Waals surface area contributed by atoms with Gasteiger partial charge in [-0.25, -0.2) is 0 Å². The second-order valence-corrected chi connectivity index (χ2v) is 7.40. The highest BCUT2D eigenvalue weighted by molar-refractivity contribution is 6.42. The number of nitrogens with zero attached hydrogens (tertiary/aromatic N) is 2. The molecule has 0 aromatic heterocycles. The SMILES string of the molecule is COc1cccc(NC(=O)CN2CCN(Cc3ccc(Cl)c(Cl)c3)CC2)c1. The zero-order valence-corrected chi connectivity index (χ0v) is 16.8. The van der Waals surface area contributed by atoms with Crippen LogP contribution in [0.15, 0.2) is 42.5 Å². The highest BCUT2D eigenvalue weighted by Gasteiger charge is 2.19. The molecule has 1 amide bonds. The van der Waals surface area contributed by atoms with E-state index in [2.05, 4.69) is 15.1 Å². The van der Waals surface area contributed by atoms with Gasteiger partial charge in [0.25, 0.3) is 0 Å². The Morgan fingerprint density at radius 1 is 1.04 bits per heavy atom. The predicted molar refractivity (Wildman–Crippen MR) is 110 cm³/mol. The summed E-state index contributed by atoms with van der Waals surface area (Å²) >= 11 is 12.1. The van der Waals surface area contributed by atoms with Crippen molar-refractivity contribution in [3.8, 4) is 5.75 Å². The summed E-state index contributed by atoms with van der Waals surface area (Å²) < 4.78 is 5.18. The van der Waals surface area contributed by atoms with Crippen LogP contribution in [-0.4, -0.2) is 55.5 Å². The molecular weight excluding hydrogens is 385 g/mol. The van der Waals surface area contributed by atoms with Crippen LogP contribution in [0.4, 0.5) is 5.69 Å². The lowest BCUT2D eigenvalue weighted by Crippen LogP contribution is -2.48. The van der Waals surface area contributed by atoms with Crippen LogP contribution in [-0.2, 0) is 11.3 Å². The molecule has 0 unspecified atom stereocenters. The van der Waals surface area contributed by atoms with Crippen LogP contribution in [0.1, 0.15) is 5.56 Å². The number of amides is 1. The van der Waals surface area contributed by atoms with Gasteiger partial charge in [-0.1, -0.05) is 35.3 Å². The molecule has 1 aliphatic rings. The van der Waals surface area contributed by atoms with Gasteiger partial charge in [0.15, 0.2) is 0 Å². The Kier molecular flexibility index (Phi) is 6.96. The third-order valence-corrected chi connectivity index (χ3v) is 5.31. The average Bonchev–Trinajstić information content (AvgIpc) is 2.66. The van der Waals surface area contributed by atoms with Gasteiger partial charge < -0.3 is 10.1 Å². The first-order valence-electron chi connectivity index (χ1n) is 8.86. The van der Waals surface area contributed by atoms with Crippen LogP contribution in [0, 0.1) is 0 Å². The van der Waals surface area contributed by atoms with Crippen LogP contribution in [0.3, 0.4) is 0 Å². The van der Waals surface area contributed by atoms with Crippen molar-refractivity contribution >= 4 is 34.8 Å². The fourth-order valence-corrected chi connectivity index (χ4v) is 3.43. The van der Waals surface area contributed by atoms with E-state index in [-0.39, 0.29) is 5.91 Å². The van der Waals surface area contributed by atoms with Crippen LogP contribution >= 0.6 is 23.2 Å².